The van der Waals surface area contributed by atoms with Gasteiger partial charge in [0.05, 0.1) is 12.1 Å². The third-order valence-corrected chi connectivity index (χ3v) is 3.28. The highest BCUT2D eigenvalue weighted by molar-refractivity contribution is 5.77. The SMILES string of the molecule is c1ccc2nn(CC3CCCCN3)cc2c1. The third kappa shape index (κ3) is 1.95. The summed E-state index contributed by atoms with van der Waals surface area (Å²) in [6, 6.07) is 8.89. The molecule has 1 unspecified atom stereocenters. The predicted octanol–water partition coefficient (Wildman–Crippen LogP) is 2.18. The molecule has 0 spiro atoms. The van der Waals surface area contributed by atoms with Gasteiger partial charge >= 0.3 is 0 Å². The van der Waals surface area contributed by atoms with Crippen LogP contribution in [-0.4, -0.2) is 22.4 Å². The maximum absolute atomic E-state index is 4.58. The minimum Gasteiger partial charge on any atom is -0.312 e. The number of nitrogens with one attached hydrogen (secondary N) is 1. The number of hydrogen-bond acceptors (Lipinski definition) is 2. The minimum atomic E-state index is 0.600. The Hall–Kier alpha value is -1.35. The van der Waals surface area contributed by atoms with Crippen molar-refractivity contribution in [1.82, 2.24) is 15.1 Å². The average molecular weight is 215 g/mol. The van der Waals surface area contributed by atoms with E-state index in [4.69, 9.17) is 0 Å². The first-order valence-corrected chi connectivity index (χ1v) is 6.07. The van der Waals surface area contributed by atoms with Crippen LogP contribution in [0.5, 0.6) is 0 Å². The van der Waals surface area contributed by atoms with Crippen molar-refractivity contribution < 1.29 is 0 Å². The first kappa shape index (κ1) is 9.85. The summed E-state index contributed by atoms with van der Waals surface area (Å²) in [4.78, 5) is 0. The Morgan fingerprint density at radius 2 is 2.25 bits per heavy atom. The van der Waals surface area contributed by atoms with E-state index in [2.05, 4.69) is 39.5 Å². The van der Waals surface area contributed by atoms with Gasteiger partial charge in [-0.3, -0.25) is 4.68 Å². The Balaban J connectivity index is 1.78. The van der Waals surface area contributed by atoms with Crippen molar-refractivity contribution >= 4 is 10.9 Å². The van der Waals surface area contributed by atoms with Crippen LogP contribution in [-0.2, 0) is 6.54 Å². The zero-order chi connectivity index (χ0) is 10.8. The molecule has 0 aliphatic carbocycles. The van der Waals surface area contributed by atoms with Crippen LogP contribution in [0.1, 0.15) is 19.3 Å². The molecule has 84 valence electrons. The highest BCUT2D eigenvalue weighted by Crippen LogP contribution is 2.13. The fourth-order valence-corrected chi connectivity index (χ4v) is 2.41. The van der Waals surface area contributed by atoms with E-state index in [-0.39, 0.29) is 0 Å². The molecule has 3 nitrogen and oxygen atoms in total. The number of benzene rings is 1. The largest absolute Gasteiger partial charge is 0.312 e. The molecule has 1 aromatic carbocycles. The fraction of sp³-hybridized carbons (Fsp3) is 0.462. The second-order valence-corrected chi connectivity index (χ2v) is 4.56. The van der Waals surface area contributed by atoms with E-state index >= 15 is 0 Å². The van der Waals surface area contributed by atoms with Gasteiger partial charge in [-0.2, -0.15) is 5.10 Å². The molecule has 1 aliphatic rings. The molecule has 0 radical (unpaired) electrons. The molecule has 1 aliphatic heterocycles. The van der Waals surface area contributed by atoms with Gasteiger partial charge in [-0.05, 0) is 25.5 Å². The Morgan fingerprint density at radius 1 is 1.31 bits per heavy atom. The summed E-state index contributed by atoms with van der Waals surface area (Å²) in [5.74, 6) is 0. The molecule has 1 atom stereocenters. The maximum Gasteiger partial charge on any atom is 0.0923 e. The predicted molar refractivity (Wildman–Crippen MR) is 65.4 cm³/mol. The molecule has 3 rings (SSSR count). The van der Waals surface area contributed by atoms with Crippen molar-refractivity contribution in [2.24, 2.45) is 0 Å². The molecule has 1 N–H and O–H groups in total. The smallest absolute Gasteiger partial charge is 0.0923 e. The van der Waals surface area contributed by atoms with Crippen LogP contribution >= 0.6 is 0 Å². The van der Waals surface area contributed by atoms with E-state index < -0.39 is 0 Å². The van der Waals surface area contributed by atoms with Crippen molar-refractivity contribution in [3.05, 3.63) is 30.5 Å². The van der Waals surface area contributed by atoms with E-state index in [9.17, 15) is 0 Å². The molecule has 1 saturated heterocycles. The van der Waals surface area contributed by atoms with Crippen molar-refractivity contribution in [2.75, 3.05) is 6.54 Å². The molecular formula is C13H17N3. The quantitative estimate of drug-likeness (QED) is 0.832. The molecule has 2 aromatic rings. The zero-order valence-electron chi connectivity index (χ0n) is 9.39. The van der Waals surface area contributed by atoms with Crippen LogP contribution in [0.25, 0.3) is 10.9 Å². The number of aromatic nitrogens is 2. The van der Waals surface area contributed by atoms with Gasteiger partial charge in [0.2, 0.25) is 0 Å². The van der Waals surface area contributed by atoms with Gasteiger partial charge in [0.1, 0.15) is 0 Å². The van der Waals surface area contributed by atoms with Gasteiger partial charge in [0, 0.05) is 17.6 Å². The maximum atomic E-state index is 4.58. The number of rotatable bonds is 2. The average Bonchev–Trinajstić information content (AvgIpc) is 2.72. The zero-order valence-corrected chi connectivity index (χ0v) is 9.39. The van der Waals surface area contributed by atoms with Crippen molar-refractivity contribution in [2.45, 2.75) is 31.8 Å². The summed E-state index contributed by atoms with van der Waals surface area (Å²) in [5, 5.41) is 9.37. The van der Waals surface area contributed by atoms with Gasteiger partial charge < -0.3 is 5.32 Å². The normalized spacial score (nSPS) is 21.4. The molecule has 1 fully saturated rings. The lowest BCUT2D eigenvalue weighted by atomic mass is 10.1. The lowest BCUT2D eigenvalue weighted by Gasteiger charge is -2.23. The lowest BCUT2D eigenvalue weighted by molar-refractivity contribution is 0.352. The van der Waals surface area contributed by atoms with Gasteiger partial charge in [-0.25, -0.2) is 0 Å². The van der Waals surface area contributed by atoms with Crippen LogP contribution in [0, 0.1) is 0 Å². The van der Waals surface area contributed by atoms with E-state index in [1.54, 1.807) is 0 Å². The first-order chi connectivity index (χ1) is 7.92. The Morgan fingerprint density at radius 3 is 3.06 bits per heavy atom. The molecule has 16 heavy (non-hydrogen) atoms. The Kier molecular flexibility index (Phi) is 2.62. The fourth-order valence-electron chi connectivity index (χ4n) is 2.41. The molecule has 2 heterocycles. The summed E-state index contributed by atoms with van der Waals surface area (Å²) in [6.45, 7) is 2.15. The molecule has 0 amide bonds. The van der Waals surface area contributed by atoms with Crippen LogP contribution < -0.4 is 5.32 Å². The van der Waals surface area contributed by atoms with E-state index in [0.29, 0.717) is 6.04 Å². The molecule has 0 saturated carbocycles. The van der Waals surface area contributed by atoms with Gasteiger partial charge in [0.15, 0.2) is 0 Å². The monoisotopic (exact) mass is 215 g/mol. The summed E-state index contributed by atoms with van der Waals surface area (Å²) in [6.07, 6.45) is 6.08. The number of piperidine rings is 1. The van der Waals surface area contributed by atoms with Crippen molar-refractivity contribution in [3.8, 4) is 0 Å². The Bertz CT molecular complexity index is 436. The van der Waals surface area contributed by atoms with Crippen LogP contribution in [0.2, 0.25) is 0 Å². The number of fused-ring (bicyclic) bond motifs is 1. The minimum absolute atomic E-state index is 0.600. The van der Waals surface area contributed by atoms with Crippen LogP contribution in [0.3, 0.4) is 0 Å². The lowest BCUT2D eigenvalue weighted by Crippen LogP contribution is -2.37. The van der Waals surface area contributed by atoms with Gasteiger partial charge in [-0.15, -0.1) is 0 Å². The second kappa shape index (κ2) is 4.26. The highest BCUT2D eigenvalue weighted by Gasteiger charge is 2.13. The third-order valence-electron chi connectivity index (χ3n) is 3.28. The first-order valence-electron chi connectivity index (χ1n) is 6.07. The Labute approximate surface area is 95.5 Å². The topological polar surface area (TPSA) is 29.9 Å². The molecule has 3 heteroatoms. The summed E-state index contributed by atoms with van der Waals surface area (Å²) in [5.41, 5.74) is 1.10. The number of nitrogens with zero attached hydrogens (tertiary/aromatic N) is 2. The standard InChI is InChI=1S/C13H17N3/c1-2-7-13-11(5-1)9-16(15-13)10-12-6-3-4-8-14-12/h1-2,5,7,9,12,14H,3-4,6,8,10H2. The molecule has 0 bridgehead atoms. The van der Waals surface area contributed by atoms with E-state index in [1.807, 2.05) is 6.07 Å². The summed E-state index contributed by atoms with van der Waals surface area (Å²) >= 11 is 0. The van der Waals surface area contributed by atoms with Gasteiger partial charge in [0.25, 0.3) is 0 Å². The number of hydrogen-bond donors (Lipinski definition) is 1. The second-order valence-electron chi connectivity index (χ2n) is 4.56. The van der Waals surface area contributed by atoms with Crippen LogP contribution in [0.4, 0.5) is 0 Å². The molecular weight excluding hydrogens is 198 g/mol. The van der Waals surface area contributed by atoms with Crippen LogP contribution in [0.15, 0.2) is 30.5 Å². The highest BCUT2D eigenvalue weighted by atomic mass is 15.3. The summed E-state index contributed by atoms with van der Waals surface area (Å²) < 4.78 is 2.08. The van der Waals surface area contributed by atoms with Gasteiger partial charge in [-0.1, -0.05) is 24.6 Å². The van der Waals surface area contributed by atoms with Crippen molar-refractivity contribution in [1.29, 1.82) is 0 Å². The summed E-state index contributed by atoms with van der Waals surface area (Å²) in [7, 11) is 0. The molecule has 1 aromatic heterocycles. The van der Waals surface area contributed by atoms with Crippen molar-refractivity contribution in [3.63, 3.8) is 0 Å². The van der Waals surface area contributed by atoms with E-state index in [0.717, 1.165) is 18.6 Å². The van der Waals surface area contributed by atoms with E-state index in [1.165, 1.54) is 24.6 Å².